The first-order valence-electron chi connectivity index (χ1n) is 9.17. The molecule has 0 aromatic heterocycles. The molecule has 0 aliphatic carbocycles. The molecule has 24 heavy (non-hydrogen) atoms. The molecule has 0 atom stereocenters. The Labute approximate surface area is 149 Å². The van der Waals surface area contributed by atoms with Gasteiger partial charge in [-0.25, -0.2) is 0 Å². The van der Waals surface area contributed by atoms with Crippen LogP contribution in [0.15, 0.2) is 30.3 Å². The van der Waals surface area contributed by atoms with Crippen LogP contribution in [0.2, 0.25) is 0 Å². The normalized spacial score (nSPS) is 20.8. The minimum atomic E-state index is 0.222. The van der Waals surface area contributed by atoms with Gasteiger partial charge in [-0.05, 0) is 44.3 Å². The minimum Gasteiger partial charge on any atom is -0.353 e. The topological polar surface area (TPSA) is 44.4 Å². The third-order valence-electron chi connectivity index (χ3n) is 4.94. The number of piperidine rings is 2. The van der Waals surface area contributed by atoms with Crippen molar-refractivity contribution in [2.45, 2.75) is 43.5 Å². The molecule has 2 heterocycles. The van der Waals surface area contributed by atoms with E-state index in [1.165, 1.54) is 18.4 Å². The van der Waals surface area contributed by atoms with Gasteiger partial charge in [0.1, 0.15) is 0 Å². The SMILES string of the molecule is O=C(CSC1CCNCC1)NC1CCN(Cc2ccccc2)CC1. The van der Waals surface area contributed by atoms with Crippen molar-refractivity contribution in [2.75, 3.05) is 31.9 Å². The Morgan fingerprint density at radius 3 is 2.54 bits per heavy atom. The van der Waals surface area contributed by atoms with Crippen LogP contribution < -0.4 is 10.6 Å². The molecule has 0 saturated carbocycles. The van der Waals surface area contributed by atoms with E-state index in [1.807, 2.05) is 11.8 Å². The van der Waals surface area contributed by atoms with E-state index in [1.54, 1.807) is 0 Å². The summed E-state index contributed by atoms with van der Waals surface area (Å²) in [6, 6.07) is 11.0. The Hall–Kier alpha value is -1.04. The monoisotopic (exact) mass is 347 g/mol. The molecule has 2 saturated heterocycles. The van der Waals surface area contributed by atoms with E-state index in [4.69, 9.17) is 0 Å². The summed E-state index contributed by atoms with van der Waals surface area (Å²) in [5, 5.41) is 7.27. The van der Waals surface area contributed by atoms with Crippen LogP contribution in [0.25, 0.3) is 0 Å². The van der Waals surface area contributed by atoms with Crippen molar-refractivity contribution in [3.05, 3.63) is 35.9 Å². The fourth-order valence-electron chi connectivity index (χ4n) is 3.50. The van der Waals surface area contributed by atoms with Gasteiger partial charge in [-0.3, -0.25) is 9.69 Å². The van der Waals surface area contributed by atoms with Crippen LogP contribution in [0.3, 0.4) is 0 Å². The number of likely N-dealkylation sites (tertiary alicyclic amines) is 1. The Morgan fingerprint density at radius 2 is 1.83 bits per heavy atom. The molecule has 2 fully saturated rings. The summed E-state index contributed by atoms with van der Waals surface area (Å²) in [7, 11) is 0. The lowest BCUT2D eigenvalue weighted by Gasteiger charge is -2.32. The fraction of sp³-hybridized carbons (Fsp3) is 0.632. The highest BCUT2D eigenvalue weighted by atomic mass is 32.2. The van der Waals surface area contributed by atoms with Crippen molar-refractivity contribution in [1.29, 1.82) is 0 Å². The maximum Gasteiger partial charge on any atom is 0.230 e. The number of benzene rings is 1. The summed E-state index contributed by atoms with van der Waals surface area (Å²) in [4.78, 5) is 14.7. The number of carbonyl (C=O) groups is 1. The molecular formula is C19H29N3OS. The fourth-order valence-corrected chi connectivity index (χ4v) is 4.54. The van der Waals surface area contributed by atoms with Gasteiger partial charge in [-0.1, -0.05) is 30.3 Å². The van der Waals surface area contributed by atoms with E-state index >= 15 is 0 Å². The van der Waals surface area contributed by atoms with E-state index in [0.29, 0.717) is 17.0 Å². The third-order valence-corrected chi connectivity index (χ3v) is 6.31. The molecule has 3 rings (SSSR count). The predicted octanol–water partition coefficient (Wildman–Crippen LogP) is 2.25. The van der Waals surface area contributed by atoms with E-state index in [9.17, 15) is 4.79 Å². The van der Waals surface area contributed by atoms with Crippen LogP contribution >= 0.6 is 11.8 Å². The van der Waals surface area contributed by atoms with Crippen LogP contribution in [0.5, 0.6) is 0 Å². The molecule has 4 nitrogen and oxygen atoms in total. The highest BCUT2D eigenvalue weighted by Gasteiger charge is 2.21. The largest absolute Gasteiger partial charge is 0.353 e. The molecule has 5 heteroatoms. The van der Waals surface area contributed by atoms with Crippen molar-refractivity contribution in [1.82, 2.24) is 15.5 Å². The summed E-state index contributed by atoms with van der Waals surface area (Å²) in [5.41, 5.74) is 1.37. The number of nitrogens with one attached hydrogen (secondary N) is 2. The smallest absolute Gasteiger partial charge is 0.230 e. The van der Waals surface area contributed by atoms with E-state index in [-0.39, 0.29) is 5.91 Å². The number of hydrogen-bond acceptors (Lipinski definition) is 4. The molecule has 0 bridgehead atoms. The first kappa shape index (κ1) is 17.8. The zero-order chi connectivity index (χ0) is 16.6. The molecule has 0 radical (unpaired) electrons. The highest BCUT2D eigenvalue weighted by Crippen LogP contribution is 2.20. The van der Waals surface area contributed by atoms with Gasteiger partial charge in [-0.2, -0.15) is 0 Å². The summed E-state index contributed by atoms with van der Waals surface area (Å²) in [6.07, 6.45) is 4.51. The Bertz CT molecular complexity index is 497. The summed E-state index contributed by atoms with van der Waals surface area (Å²) in [5.74, 6) is 0.842. The maximum absolute atomic E-state index is 12.2. The lowest BCUT2D eigenvalue weighted by molar-refractivity contribution is -0.119. The molecular weight excluding hydrogens is 318 g/mol. The summed E-state index contributed by atoms with van der Waals surface area (Å²) < 4.78 is 0. The van der Waals surface area contributed by atoms with Gasteiger partial charge in [-0.15, -0.1) is 11.8 Å². The van der Waals surface area contributed by atoms with Crippen LogP contribution in [0.1, 0.15) is 31.2 Å². The van der Waals surface area contributed by atoms with Gasteiger partial charge in [0.05, 0.1) is 5.75 Å². The van der Waals surface area contributed by atoms with Gasteiger partial charge in [0, 0.05) is 30.9 Å². The summed E-state index contributed by atoms with van der Waals surface area (Å²) in [6.45, 7) is 5.36. The standard InChI is InChI=1S/C19H29N3OS/c23-19(15-24-18-6-10-20-11-7-18)21-17-8-12-22(13-9-17)14-16-4-2-1-3-5-16/h1-5,17-18,20H,6-15H2,(H,21,23). The lowest BCUT2D eigenvalue weighted by atomic mass is 10.0. The summed E-state index contributed by atoms with van der Waals surface area (Å²) >= 11 is 1.83. The lowest BCUT2D eigenvalue weighted by Crippen LogP contribution is -2.45. The van der Waals surface area contributed by atoms with Gasteiger partial charge in [0.15, 0.2) is 0 Å². The van der Waals surface area contributed by atoms with Gasteiger partial charge in [0.2, 0.25) is 5.91 Å². The Kier molecular flexibility index (Phi) is 6.99. The second kappa shape index (κ2) is 9.44. The molecule has 1 amide bonds. The van der Waals surface area contributed by atoms with Crippen molar-refractivity contribution in [2.24, 2.45) is 0 Å². The molecule has 132 valence electrons. The second-order valence-electron chi connectivity index (χ2n) is 6.86. The molecule has 0 unspecified atom stereocenters. The second-order valence-corrected chi connectivity index (χ2v) is 8.15. The number of amides is 1. The number of rotatable bonds is 6. The number of carbonyl (C=O) groups excluding carboxylic acids is 1. The average Bonchev–Trinajstić information content (AvgIpc) is 2.63. The Morgan fingerprint density at radius 1 is 1.12 bits per heavy atom. The molecule has 1 aromatic rings. The minimum absolute atomic E-state index is 0.222. The van der Waals surface area contributed by atoms with E-state index < -0.39 is 0 Å². The van der Waals surface area contributed by atoms with Gasteiger partial charge in [0.25, 0.3) is 0 Å². The molecule has 2 N–H and O–H groups in total. The van der Waals surface area contributed by atoms with Crippen LogP contribution in [0, 0.1) is 0 Å². The molecule has 1 aromatic carbocycles. The van der Waals surface area contributed by atoms with Crippen LogP contribution in [0.4, 0.5) is 0 Å². The molecule has 2 aliphatic heterocycles. The van der Waals surface area contributed by atoms with Crippen molar-refractivity contribution >= 4 is 17.7 Å². The molecule has 2 aliphatic rings. The van der Waals surface area contributed by atoms with Crippen LogP contribution in [-0.2, 0) is 11.3 Å². The highest BCUT2D eigenvalue weighted by molar-refractivity contribution is 8.00. The van der Waals surface area contributed by atoms with Crippen molar-refractivity contribution in [3.8, 4) is 0 Å². The van der Waals surface area contributed by atoms with Gasteiger partial charge >= 0.3 is 0 Å². The number of hydrogen-bond donors (Lipinski definition) is 2. The van der Waals surface area contributed by atoms with E-state index in [0.717, 1.165) is 45.6 Å². The molecule has 0 spiro atoms. The Balaban J connectivity index is 1.32. The van der Waals surface area contributed by atoms with Crippen molar-refractivity contribution in [3.63, 3.8) is 0 Å². The number of thioether (sulfide) groups is 1. The third kappa shape index (κ3) is 5.80. The zero-order valence-corrected chi connectivity index (χ0v) is 15.2. The van der Waals surface area contributed by atoms with Gasteiger partial charge < -0.3 is 10.6 Å². The zero-order valence-electron chi connectivity index (χ0n) is 14.4. The van der Waals surface area contributed by atoms with Crippen LogP contribution in [-0.4, -0.2) is 54.0 Å². The maximum atomic E-state index is 12.2. The van der Waals surface area contributed by atoms with E-state index in [2.05, 4.69) is 45.9 Å². The van der Waals surface area contributed by atoms with Crippen molar-refractivity contribution < 1.29 is 4.79 Å². The first-order chi connectivity index (χ1) is 11.8. The predicted molar refractivity (Wildman–Crippen MR) is 101 cm³/mol. The quantitative estimate of drug-likeness (QED) is 0.828. The number of nitrogens with zero attached hydrogens (tertiary/aromatic N) is 1. The first-order valence-corrected chi connectivity index (χ1v) is 10.2. The average molecular weight is 348 g/mol.